The van der Waals surface area contributed by atoms with E-state index < -0.39 is 0 Å². The lowest BCUT2D eigenvalue weighted by Crippen LogP contribution is -2.35. The van der Waals surface area contributed by atoms with Gasteiger partial charge in [-0.1, -0.05) is 11.8 Å². The van der Waals surface area contributed by atoms with Gasteiger partial charge in [-0.25, -0.2) is 4.79 Å². The van der Waals surface area contributed by atoms with Crippen molar-refractivity contribution in [2.45, 2.75) is 25.1 Å². The number of thiophene rings is 1. The molecule has 2 amide bonds. The average Bonchev–Trinajstić information content (AvgIpc) is 3.50. The highest BCUT2D eigenvalue weighted by molar-refractivity contribution is 7.99. The standard InChI is InChI=1S/C19H17N5O5S2/c1-2-27-19(26)24-6-5-11-12(8-20)17(31-14(11)9-24)21-15(25)10-30-18-23-22-16(29-18)13-4-3-7-28-13/h3-4,7H,2,5-6,9-10H2,1H3,(H,21,25). The molecule has 1 aliphatic rings. The minimum absolute atomic E-state index is 0.0299. The number of amides is 2. The van der Waals surface area contributed by atoms with E-state index in [4.69, 9.17) is 13.6 Å². The Balaban J connectivity index is 1.39. The van der Waals surface area contributed by atoms with Crippen LogP contribution in [0.2, 0.25) is 0 Å². The van der Waals surface area contributed by atoms with E-state index in [0.717, 1.165) is 22.2 Å². The summed E-state index contributed by atoms with van der Waals surface area (Å²) < 4.78 is 15.7. The maximum absolute atomic E-state index is 12.4. The molecule has 0 aromatic carbocycles. The summed E-state index contributed by atoms with van der Waals surface area (Å²) >= 11 is 2.38. The fourth-order valence-electron chi connectivity index (χ4n) is 3.04. The number of furan rings is 1. The molecule has 0 unspecified atom stereocenters. The van der Waals surface area contributed by atoms with E-state index in [9.17, 15) is 14.9 Å². The van der Waals surface area contributed by atoms with E-state index in [-0.39, 0.29) is 28.9 Å². The van der Waals surface area contributed by atoms with Crippen molar-refractivity contribution >= 4 is 40.1 Å². The SMILES string of the molecule is CCOC(=O)N1CCc2c(sc(NC(=O)CSc3nnc(-c4ccco4)o3)c2C#N)C1. The predicted octanol–water partition coefficient (Wildman–Crippen LogP) is 3.51. The Labute approximate surface area is 185 Å². The minimum atomic E-state index is -0.379. The number of nitrogens with zero attached hydrogens (tertiary/aromatic N) is 4. The van der Waals surface area contributed by atoms with E-state index in [1.807, 2.05) is 0 Å². The number of thioether (sulfide) groups is 1. The van der Waals surface area contributed by atoms with Gasteiger partial charge in [-0.2, -0.15) is 5.26 Å². The Morgan fingerprint density at radius 1 is 1.45 bits per heavy atom. The van der Waals surface area contributed by atoms with Gasteiger partial charge in [0.05, 0.1) is 30.7 Å². The summed E-state index contributed by atoms with van der Waals surface area (Å²) in [4.78, 5) is 26.9. The molecule has 0 aliphatic carbocycles. The first-order chi connectivity index (χ1) is 15.1. The Morgan fingerprint density at radius 2 is 2.32 bits per heavy atom. The number of nitriles is 1. The number of rotatable bonds is 6. The van der Waals surface area contributed by atoms with Crippen molar-refractivity contribution < 1.29 is 23.2 Å². The highest BCUT2D eigenvalue weighted by atomic mass is 32.2. The molecule has 31 heavy (non-hydrogen) atoms. The highest BCUT2D eigenvalue weighted by Crippen LogP contribution is 2.37. The number of ether oxygens (including phenoxy) is 1. The van der Waals surface area contributed by atoms with E-state index in [0.29, 0.717) is 42.4 Å². The molecule has 0 fully saturated rings. The first kappa shape index (κ1) is 21.0. The summed E-state index contributed by atoms with van der Waals surface area (Å²) in [7, 11) is 0. The van der Waals surface area contributed by atoms with E-state index in [1.165, 1.54) is 17.6 Å². The molecular formula is C19H17N5O5S2. The zero-order valence-corrected chi connectivity index (χ0v) is 18.0. The second-order valence-electron chi connectivity index (χ2n) is 6.38. The Bertz CT molecular complexity index is 1130. The molecule has 4 heterocycles. The zero-order chi connectivity index (χ0) is 21.8. The van der Waals surface area contributed by atoms with Gasteiger partial charge in [0.25, 0.3) is 11.1 Å². The van der Waals surface area contributed by atoms with Crippen molar-refractivity contribution in [1.82, 2.24) is 15.1 Å². The van der Waals surface area contributed by atoms with Gasteiger partial charge in [0.15, 0.2) is 5.76 Å². The van der Waals surface area contributed by atoms with Crippen LogP contribution in [0.4, 0.5) is 9.80 Å². The van der Waals surface area contributed by atoms with Crippen LogP contribution >= 0.6 is 23.1 Å². The fourth-order valence-corrected chi connectivity index (χ4v) is 4.83. The van der Waals surface area contributed by atoms with Crippen molar-refractivity contribution in [3.63, 3.8) is 0 Å². The van der Waals surface area contributed by atoms with Crippen molar-refractivity contribution in [3.05, 3.63) is 34.4 Å². The number of carbonyl (C=O) groups is 2. The van der Waals surface area contributed by atoms with Crippen LogP contribution in [0.15, 0.2) is 32.5 Å². The number of anilines is 1. The molecule has 3 aromatic rings. The fraction of sp³-hybridized carbons (Fsp3) is 0.316. The van der Waals surface area contributed by atoms with Gasteiger partial charge in [0.1, 0.15) is 11.1 Å². The maximum Gasteiger partial charge on any atom is 0.410 e. The molecule has 4 rings (SSSR count). The molecule has 10 nitrogen and oxygen atoms in total. The Morgan fingerprint density at radius 3 is 3.06 bits per heavy atom. The summed E-state index contributed by atoms with van der Waals surface area (Å²) in [5.41, 5.74) is 1.32. The van der Waals surface area contributed by atoms with Gasteiger partial charge in [0.2, 0.25) is 5.91 Å². The quantitative estimate of drug-likeness (QED) is 0.549. The van der Waals surface area contributed by atoms with Crippen molar-refractivity contribution in [1.29, 1.82) is 5.26 Å². The molecule has 12 heteroatoms. The topological polar surface area (TPSA) is 134 Å². The van der Waals surface area contributed by atoms with E-state index in [2.05, 4.69) is 21.6 Å². The van der Waals surface area contributed by atoms with Gasteiger partial charge >= 0.3 is 6.09 Å². The van der Waals surface area contributed by atoms with Gasteiger partial charge in [-0.05, 0) is 31.0 Å². The predicted molar refractivity (Wildman–Crippen MR) is 112 cm³/mol. The number of hydrogen-bond acceptors (Lipinski definition) is 10. The van der Waals surface area contributed by atoms with Gasteiger partial charge < -0.3 is 23.8 Å². The van der Waals surface area contributed by atoms with Crippen molar-refractivity contribution in [2.75, 3.05) is 24.2 Å². The first-order valence-electron chi connectivity index (χ1n) is 9.35. The monoisotopic (exact) mass is 459 g/mol. The number of aromatic nitrogens is 2. The molecule has 0 radical (unpaired) electrons. The van der Waals surface area contributed by atoms with Crippen LogP contribution in [0.25, 0.3) is 11.7 Å². The second kappa shape index (κ2) is 9.23. The Hall–Kier alpha value is -3.30. The summed E-state index contributed by atoms with van der Waals surface area (Å²) in [5, 5.41) is 20.9. The molecule has 0 spiro atoms. The molecule has 3 aromatic heterocycles. The average molecular weight is 460 g/mol. The summed E-state index contributed by atoms with van der Waals surface area (Å²) in [6.07, 6.45) is 1.66. The molecule has 1 N–H and O–H groups in total. The van der Waals surface area contributed by atoms with Gasteiger partial charge in [-0.15, -0.1) is 21.5 Å². The number of hydrogen-bond donors (Lipinski definition) is 1. The molecular weight excluding hydrogens is 442 g/mol. The maximum atomic E-state index is 12.4. The lowest BCUT2D eigenvalue weighted by Gasteiger charge is -2.25. The summed E-state index contributed by atoms with van der Waals surface area (Å²) in [5.74, 6) is 0.405. The molecule has 0 saturated carbocycles. The largest absolute Gasteiger partial charge is 0.459 e. The third kappa shape index (κ3) is 4.57. The minimum Gasteiger partial charge on any atom is -0.459 e. The highest BCUT2D eigenvalue weighted by Gasteiger charge is 2.28. The van der Waals surface area contributed by atoms with Crippen LogP contribution in [0.1, 0.15) is 22.9 Å². The first-order valence-corrected chi connectivity index (χ1v) is 11.2. The number of nitrogens with one attached hydrogen (secondary N) is 1. The molecule has 1 aliphatic heterocycles. The number of carbonyl (C=O) groups excluding carboxylic acids is 2. The van der Waals surface area contributed by atoms with Crippen LogP contribution < -0.4 is 5.32 Å². The van der Waals surface area contributed by atoms with Crippen molar-refractivity contribution in [2.24, 2.45) is 0 Å². The van der Waals surface area contributed by atoms with Crippen LogP contribution in [0, 0.1) is 11.3 Å². The number of fused-ring (bicyclic) bond motifs is 1. The lowest BCUT2D eigenvalue weighted by atomic mass is 10.0. The molecule has 0 bridgehead atoms. The second-order valence-corrected chi connectivity index (χ2v) is 8.41. The van der Waals surface area contributed by atoms with E-state index >= 15 is 0 Å². The molecule has 160 valence electrons. The van der Waals surface area contributed by atoms with Crippen LogP contribution in [-0.2, 0) is 22.5 Å². The smallest absolute Gasteiger partial charge is 0.410 e. The van der Waals surface area contributed by atoms with E-state index in [1.54, 1.807) is 24.0 Å². The third-order valence-corrected chi connectivity index (χ3v) is 6.36. The zero-order valence-electron chi connectivity index (χ0n) is 16.4. The van der Waals surface area contributed by atoms with Crippen LogP contribution in [0.5, 0.6) is 0 Å². The molecule has 0 saturated heterocycles. The van der Waals surface area contributed by atoms with Gasteiger partial charge in [-0.3, -0.25) is 4.79 Å². The molecule has 0 atom stereocenters. The lowest BCUT2D eigenvalue weighted by molar-refractivity contribution is -0.113. The normalized spacial score (nSPS) is 12.8. The van der Waals surface area contributed by atoms with Crippen LogP contribution in [-0.4, -0.2) is 46.0 Å². The van der Waals surface area contributed by atoms with Gasteiger partial charge in [0, 0.05) is 11.4 Å². The summed E-state index contributed by atoms with van der Waals surface area (Å²) in [6, 6.07) is 5.58. The third-order valence-electron chi connectivity index (χ3n) is 4.41. The Kier molecular flexibility index (Phi) is 6.24. The van der Waals surface area contributed by atoms with Crippen LogP contribution in [0.3, 0.4) is 0 Å². The van der Waals surface area contributed by atoms with Crippen molar-refractivity contribution in [3.8, 4) is 17.7 Å². The summed E-state index contributed by atoms with van der Waals surface area (Å²) in [6.45, 7) is 2.88.